The lowest BCUT2D eigenvalue weighted by Gasteiger charge is -2.22. The minimum Gasteiger partial charge on any atom is -0.444 e. The van der Waals surface area contributed by atoms with Crippen molar-refractivity contribution in [3.63, 3.8) is 0 Å². The number of carbonyl (C=O) groups is 1. The summed E-state index contributed by atoms with van der Waals surface area (Å²) in [7, 11) is 0. The molecule has 6 nitrogen and oxygen atoms in total. The van der Waals surface area contributed by atoms with E-state index in [9.17, 15) is 14.9 Å². The minimum absolute atomic E-state index is 0.151. The van der Waals surface area contributed by atoms with Gasteiger partial charge in [0.15, 0.2) is 0 Å². The number of alkyl carbamates (subject to hydrolysis) is 1. The second-order valence-electron chi connectivity index (χ2n) is 6.56. The number of benzene rings is 1. The van der Waals surface area contributed by atoms with Crippen molar-refractivity contribution in [1.82, 2.24) is 9.88 Å². The van der Waals surface area contributed by atoms with Crippen LogP contribution in [0.1, 0.15) is 37.9 Å². The number of nitrogens with zero attached hydrogens (tertiary/aromatic N) is 2. The molecule has 1 aliphatic heterocycles. The summed E-state index contributed by atoms with van der Waals surface area (Å²) < 4.78 is 6.87. The molecular weight excluding hydrogens is 294 g/mol. The molecule has 23 heavy (non-hydrogen) atoms. The zero-order valence-corrected chi connectivity index (χ0v) is 13.2. The van der Waals surface area contributed by atoms with Gasteiger partial charge in [-0.25, -0.2) is 4.79 Å². The summed E-state index contributed by atoms with van der Waals surface area (Å²) in [5.41, 5.74) is 1.07. The van der Waals surface area contributed by atoms with Gasteiger partial charge in [-0.05, 0) is 38.3 Å². The van der Waals surface area contributed by atoms with Crippen LogP contribution >= 0.6 is 0 Å². The standard InChI is InChI=1S/C17H17N3O3/c1-17(2,3)23-16(22)19-12-9-20-13(21)7-6-10-4-5-11(8-18)14(12)15(10)20/h4-7,12H,9H2,1-3H3,(H,19,22)/t12-/m1/s1. The normalized spacial score (nSPS) is 16.2. The van der Waals surface area contributed by atoms with Gasteiger partial charge in [-0.2, -0.15) is 5.26 Å². The molecule has 0 saturated carbocycles. The molecule has 2 aromatic rings. The lowest BCUT2D eigenvalue weighted by atomic mass is 10.0. The van der Waals surface area contributed by atoms with Gasteiger partial charge in [-0.1, -0.05) is 6.07 Å². The average Bonchev–Trinajstić information content (AvgIpc) is 2.82. The van der Waals surface area contributed by atoms with Crippen molar-refractivity contribution in [1.29, 1.82) is 5.26 Å². The number of carbonyl (C=O) groups excluding carboxylic acids is 1. The molecule has 0 radical (unpaired) electrons. The number of nitrogens with one attached hydrogen (secondary N) is 1. The van der Waals surface area contributed by atoms with Gasteiger partial charge in [-0.15, -0.1) is 0 Å². The van der Waals surface area contributed by atoms with Crippen LogP contribution in [0.2, 0.25) is 0 Å². The number of aromatic nitrogens is 1. The van der Waals surface area contributed by atoms with E-state index in [0.29, 0.717) is 23.2 Å². The second-order valence-corrected chi connectivity index (χ2v) is 6.56. The molecule has 1 amide bonds. The molecule has 6 heteroatoms. The maximum Gasteiger partial charge on any atom is 0.408 e. The van der Waals surface area contributed by atoms with E-state index in [1.54, 1.807) is 37.5 Å². The van der Waals surface area contributed by atoms with Gasteiger partial charge < -0.3 is 14.6 Å². The Kier molecular flexibility index (Phi) is 3.37. The highest BCUT2D eigenvalue weighted by molar-refractivity contribution is 5.87. The number of pyridine rings is 1. The summed E-state index contributed by atoms with van der Waals surface area (Å²) in [6, 6.07) is 8.42. The molecule has 0 fully saturated rings. The first-order valence-electron chi connectivity index (χ1n) is 7.36. The maximum atomic E-state index is 12.1. The van der Waals surface area contributed by atoms with Crippen LogP contribution in [-0.4, -0.2) is 16.3 Å². The number of rotatable bonds is 1. The van der Waals surface area contributed by atoms with Crippen molar-refractivity contribution in [3.05, 3.63) is 45.7 Å². The van der Waals surface area contributed by atoms with Gasteiger partial charge in [0.1, 0.15) is 5.60 Å². The molecule has 2 heterocycles. The van der Waals surface area contributed by atoms with Crippen LogP contribution in [0.3, 0.4) is 0 Å². The van der Waals surface area contributed by atoms with E-state index in [2.05, 4.69) is 11.4 Å². The Labute approximate surface area is 133 Å². The monoisotopic (exact) mass is 311 g/mol. The highest BCUT2D eigenvalue weighted by Crippen LogP contribution is 2.33. The zero-order valence-electron chi connectivity index (χ0n) is 13.2. The highest BCUT2D eigenvalue weighted by atomic mass is 16.6. The van der Waals surface area contributed by atoms with Gasteiger partial charge in [0, 0.05) is 11.6 Å². The first-order valence-corrected chi connectivity index (χ1v) is 7.36. The fourth-order valence-corrected chi connectivity index (χ4v) is 2.89. The first kappa shape index (κ1) is 15.1. The van der Waals surface area contributed by atoms with Gasteiger partial charge in [0.05, 0.1) is 29.7 Å². The molecule has 1 aromatic carbocycles. The Morgan fingerprint density at radius 2 is 2.04 bits per heavy atom. The SMILES string of the molecule is CC(C)(C)OC(=O)N[C@@H]1Cn2c(=O)ccc3ccc(C#N)c1c32. The van der Waals surface area contributed by atoms with Crippen LogP contribution in [0, 0.1) is 11.3 Å². The number of nitriles is 1. The van der Waals surface area contributed by atoms with Crippen molar-refractivity contribution in [2.24, 2.45) is 0 Å². The molecular formula is C17H17N3O3. The predicted molar refractivity (Wildman–Crippen MR) is 85.0 cm³/mol. The zero-order chi connectivity index (χ0) is 16.8. The second kappa shape index (κ2) is 5.13. The van der Waals surface area contributed by atoms with E-state index in [-0.39, 0.29) is 5.56 Å². The number of hydrogen-bond donors (Lipinski definition) is 1. The largest absolute Gasteiger partial charge is 0.444 e. The Morgan fingerprint density at radius 3 is 2.70 bits per heavy atom. The van der Waals surface area contributed by atoms with E-state index in [1.165, 1.54) is 6.07 Å². The molecule has 0 bridgehead atoms. The Balaban J connectivity index is 2.05. The summed E-state index contributed by atoms with van der Waals surface area (Å²) in [5, 5.41) is 13.0. The third-order valence-electron chi connectivity index (χ3n) is 3.71. The van der Waals surface area contributed by atoms with Crippen LogP contribution < -0.4 is 10.9 Å². The van der Waals surface area contributed by atoms with E-state index < -0.39 is 17.7 Å². The predicted octanol–water partition coefficient (Wildman–Crippen LogP) is 2.45. The van der Waals surface area contributed by atoms with E-state index in [0.717, 1.165) is 5.39 Å². The van der Waals surface area contributed by atoms with Crippen LogP contribution in [0.25, 0.3) is 10.9 Å². The summed E-state index contributed by atoms with van der Waals surface area (Å²) in [6.45, 7) is 5.63. The van der Waals surface area contributed by atoms with Gasteiger partial charge in [0.25, 0.3) is 5.56 Å². The van der Waals surface area contributed by atoms with Crippen molar-refractivity contribution >= 4 is 17.0 Å². The smallest absolute Gasteiger partial charge is 0.408 e. The van der Waals surface area contributed by atoms with Gasteiger partial charge in [-0.3, -0.25) is 4.79 Å². The fraction of sp³-hybridized carbons (Fsp3) is 0.353. The molecule has 118 valence electrons. The quantitative estimate of drug-likeness (QED) is 0.876. The fourth-order valence-electron chi connectivity index (χ4n) is 2.89. The van der Waals surface area contributed by atoms with Crippen molar-refractivity contribution < 1.29 is 9.53 Å². The number of amides is 1. The van der Waals surface area contributed by atoms with Crippen LogP contribution in [-0.2, 0) is 11.3 Å². The molecule has 1 aromatic heterocycles. The van der Waals surface area contributed by atoms with Crippen molar-refractivity contribution in [3.8, 4) is 6.07 Å². The third-order valence-corrected chi connectivity index (χ3v) is 3.71. The summed E-state index contributed by atoms with van der Waals surface area (Å²) in [5.74, 6) is 0. The average molecular weight is 311 g/mol. The van der Waals surface area contributed by atoms with E-state index in [4.69, 9.17) is 4.74 Å². The number of ether oxygens (including phenoxy) is 1. The Bertz CT molecular complexity index is 900. The third kappa shape index (κ3) is 2.66. The first-order chi connectivity index (χ1) is 10.8. The lowest BCUT2D eigenvalue weighted by molar-refractivity contribution is 0.0501. The van der Waals surface area contributed by atoms with Crippen molar-refractivity contribution in [2.45, 2.75) is 39.0 Å². The molecule has 0 aliphatic carbocycles. The summed E-state index contributed by atoms with van der Waals surface area (Å²) in [6.07, 6.45) is -0.566. The lowest BCUT2D eigenvalue weighted by Crippen LogP contribution is -2.35. The number of hydrogen-bond acceptors (Lipinski definition) is 4. The van der Waals surface area contributed by atoms with E-state index >= 15 is 0 Å². The van der Waals surface area contributed by atoms with Crippen LogP contribution in [0.5, 0.6) is 0 Å². The molecule has 0 saturated heterocycles. The Hall–Kier alpha value is -2.81. The molecule has 1 atom stereocenters. The molecule has 3 rings (SSSR count). The minimum atomic E-state index is -0.615. The molecule has 0 spiro atoms. The summed E-state index contributed by atoms with van der Waals surface area (Å²) in [4.78, 5) is 24.2. The summed E-state index contributed by atoms with van der Waals surface area (Å²) >= 11 is 0. The van der Waals surface area contributed by atoms with Crippen LogP contribution in [0.4, 0.5) is 4.79 Å². The molecule has 1 N–H and O–H groups in total. The molecule has 0 unspecified atom stereocenters. The molecule has 1 aliphatic rings. The van der Waals surface area contributed by atoms with Crippen LogP contribution in [0.15, 0.2) is 29.1 Å². The van der Waals surface area contributed by atoms with Gasteiger partial charge >= 0.3 is 6.09 Å². The van der Waals surface area contributed by atoms with Crippen molar-refractivity contribution in [2.75, 3.05) is 0 Å². The highest BCUT2D eigenvalue weighted by Gasteiger charge is 2.30. The Morgan fingerprint density at radius 1 is 1.35 bits per heavy atom. The topological polar surface area (TPSA) is 84.1 Å². The maximum absolute atomic E-state index is 12.1. The van der Waals surface area contributed by atoms with E-state index in [1.807, 2.05) is 6.07 Å². The van der Waals surface area contributed by atoms with Gasteiger partial charge in [0.2, 0.25) is 0 Å².